The standard InChI is InChI=1S/C12H14F3NOS/c1-2-3-4-10(16)9-7-8(5-6-11(9)17)18-12(13,14)15/h2,5-7,10,17H,1,3-4,16H2/t10-/m0/s1. The molecular weight excluding hydrogens is 263 g/mol. The summed E-state index contributed by atoms with van der Waals surface area (Å²) in [5, 5.41) is 9.61. The highest BCUT2D eigenvalue weighted by atomic mass is 32.2. The Morgan fingerprint density at radius 3 is 2.67 bits per heavy atom. The van der Waals surface area contributed by atoms with Crippen LogP contribution in [0.1, 0.15) is 24.4 Å². The second-order valence-corrected chi connectivity index (χ2v) is 4.88. The monoisotopic (exact) mass is 277 g/mol. The van der Waals surface area contributed by atoms with Gasteiger partial charge in [0.05, 0.1) is 0 Å². The molecule has 0 saturated heterocycles. The fourth-order valence-corrected chi connectivity index (χ4v) is 2.07. The number of benzene rings is 1. The molecule has 1 atom stereocenters. The van der Waals surface area contributed by atoms with E-state index >= 15 is 0 Å². The number of phenolic OH excluding ortho intramolecular Hbond substituents is 1. The number of rotatable bonds is 5. The van der Waals surface area contributed by atoms with E-state index in [2.05, 4.69) is 6.58 Å². The molecule has 0 aromatic heterocycles. The third-order valence-electron chi connectivity index (χ3n) is 2.31. The van der Waals surface area contributed by atoms with Gasteiger partial charge in [-0.1, -0.05) is 6.08 Å². The van der Waals surface area contributed by atoms with Crippen molar-refractivity contribution in [1.29, 1.82) is 0 Å². The lowest BCUT2D eigenvalue weighted by Gasteiger charge is -2.14. The maximum absolute atomic E-state index is 12.2. The van der Waals surface area contributed by atoms with Gasteiger partial charge in [0, 0.05) is 16.5 Å². The molecule has 1 aromatic carbocycles. The Morgan fingerprint density at radius 1 is 1.44 bits per heavy atom. The van der Waals surface area contributed by atoms with Crippen LogP contribution in [0.4, 0.5) is 13.2 Å². The fraction of sp³-hybridized carbons (Fsp3) is 0.333. The van der Waals surface area contributed by atoms with Crippen molar-refractivity contribution in [2.45, 2.75) is 29.3 Å². The van der Waals surface area contributed by atoms with Crippen molar-refractivity contribution in [2.24, 2.45) is 5.73 Å². The van der Waals surface area contributed by atoms with Crippen LogP contribution >= 0.6 is 11.8 Å². The van der Waals surface area contributed by atoms with Crippen molar-refractivity contribution in [3.8, 4) is 5.75 Å². The smallest absolute Gasteiger partial charge is 0.446 e. The summed E-state index contributed by atoms with van der Waals surface area (Å²) < 4.78 is 36.7. The molecular formula is C12H14F3NOS. The van der Waals surface area contributed by atoms with Crippen molar-refractivity contribution in [2.75, 3.05) is 0 Å². The van der Waals surface area contributed by atoms with E-state index in [4.69, 9.17) is 5.73 Å². The van der Waals surface area contributed by atoms with Gasteiger partial charge < -0.3 is 10.8 Å². The maximum Gasteiger partial charge on any atom is 0.446 e. The average Bonchev–Trinajstić information content (AvgIpc) is 2.26. The molecule has 6 heteroatoms. The number of hydrogen-bond donors (Lipinski definition) is 2. The van der Waals surface area contributed by atoms with Crippen molar-refractivity contribution in [3.63, 3.8) is 0 Å². The number of nitrogens with two attached hydrogens (primary N) is 1. The molecule has 0 radical (unpaired) electrons. The summed E-state index contributed by atoms with van der Waals surface area (Å²) in [7, 11) is 0. The van der Waals surface area contributed by atoms with Crippen molar-refractivity contribution >= 4 is 11.8 Å². The molecule has 0 bridgehead atoms. The first-order valence-corrected chi connectivity index (χ1v) is 6.10. The van der Waals surface area contributed by atoms with E-state index in [-0.39, 0.29) is 22.4 Å². The van der Waals surface area contributed by atoms with Crippen molar-refractivity contribution < 1.29 is 18.3 Å². The highest BCUT2D eigenvalue weighted by molar-refractivity contribution is 8.00. The Kier molecular flexibility index (Phi) is 5.10. The van der Waals surface area contributed by atoms with Crippen molar-refractivity contribution in [3.05, 3.63) is 36.4 Å². The molecule has 2 nitrogen and oxygen atoms in total. The van der Waals surface area contributed by atoms with E-state index in [0.717, 1.165) is 0 Å². The van der Waals surface area contributed by atoms with Gasteiger partial charge >= 0.3 is 5.51 Å². The predicted octanol–water partition coefficient (Wildman–Crippen LogP) is 3.97. The first-order chi connectivity index (χ1) is 8.33. The minimum Gasteiger partial charge on any atom is -0.508 e. The third-order valence-corrected chi connectivity index (χ3v) is 3.03. The first-order valence-electron chi connectivity index (χ1n) is 5.28. The fourth-order valence-electron chi connectivity index (χ4n) is 1.48. The van der Waals surface area contributed by atoms with Gasteiger partial charge in [-0.25, -0.2) is 0 Å². The maximum atomic E-state index is 12.2. The second kappa shape index (κ2) is 6.15. The predicted molar refractivity (Wildman–Crippen MR) is 66.4 cm³/mol. The summed E-state index contributed by atoms with van der Waals surface area (Å²) in [6.45, 7) is 3.54. The molecule has 0 unspecified atom stereocenters. The number of alkyl halides is 3. The van der Waals surface area contributed by atoms with Gasteiger partial charge in [0.15, 0.2) is 0 Å². The van der Waals surface area contributed by atoms with Gasteiger partial charge in [0.2, 0.25) is 0 Å². The second-order valence-electron chi connectivity index (χ2n) is 3.74. The molecule has 0 aliphatic carbocycles. The summed E-state index contributed by atoms with van der Waals surface area (Å²) in [6.07, 6.45) is 2.83. The third kappa shape index (κ3) is 4.62. The minimum absolute atomic E-state index is 0.0179. The van der Waals surface area contributed by atoms with Crippen LogP contribution in [0.5, 0.6) is 5.75 Å². The molecule has 0 fully saturated rings. The number of thioether (sulfide) groups is 1. The lowest BCUT2D eigenvalue weighted by molar-refractivity contribution is -0.0328. The van der Waals surface area contributed by atoms with Crippen LogP contribution in [-0.2, 0) is 0 Å². The SMILES string of the molecule is C=CCC[C@H](N)c1cc(SC(F)(F)F)ccc1O. The molecule has 0 saturated carbocycles. The van der Waals surface area contributed by atoms with E-state index in [1.54, 1.807) is 6.08 Å². The Hall–Kier alpha value is -1.14. The molecule has 3 N–H and O–H groups in total. The van der Waals surface area contributed by atoms with Crippen molar-refractivity contribution in [1.82, 2.24) is 0 Å². The van der Waals surface area contributed by atoms with Crippen LogP contribution < -0.4 is 5.73 Å². The molecule has 0 aliphatic rings. The summed E-state index contributed by atoms with van der Waals surface area (Å²) >= 11 is -0.222. The first kappa shape index (κ1) is 14.9. The Balaban J connectivity index is 2.90. The molecule has 100 valence electrons. The highest BCUT2D eigenvalue weighted by Crippen LogP contribution is 2.39. The molecule has 1 rings (SSSR count). The van der Waals surface area contributed by atoms with Gasteiger partial charge in [0.1, 0.15) is 5.75 Å². The van der Waals surface area contributed by atoms with E-state index in [0.29, 0.717) is 18.4 Å². The Morgan fingerprint density at radius 2 is 2.11 bits per heavy atom. The van der Waals surface area contributed by atoms with E-state index in [1.165, 1.54) is 18.2 Å². The lowest BCUT2D eigenvalue weighted by Crippen LogP contribution is -2.10. The van der Waals surface area contributed by atoms with Crippen LogP contribution in [-0.4, -0.2) is 10.6 Å². The van der Waals surface area contributed by atoms with Gasteiger partial charge in [-0.2, -0.15) is 13.2 Å². The van der Waals surface area contributed by atoms with E-state index in [9.17, 15) is 18.3 Å². The number of allylic oxidation sites excluding steroid dienone is 1. The summed E-state index contributed by atoms with van der Waals surface area (Å²) in [6, 6.07) is 3.23. The van der Waals surface area contributed by atoms with Crippen LogP contribution in [0.15, 0.2) is 35.7 Å². The molecule has 0 aliphatic heterocycles. The quantitative estimate of drug-likeness (QED) is 0.632. The van der Waals surface area contributed by atoms with Crippen LogP contribution in [0.2, 0.25) is 0 Å². The molecule has 18 heavy (non-hydrogen) atoms. The number of halogens is 3. The summed E-state index contributed by atoms with van der Waals surface area (Å²) in [4.78, 5) is 0.0179. The van der Waals surface area contributed by atoms with Crippen LogP contribution in [0.25, 0.3) is 0 Å². The van der Waals surface area contributed by atoms with Gasteiger partial charge in [-0.3, -0.25) is 0 Å². The zero-order chi connectivity index (χ0) is 13.8. The Labute approximate surface area is 108 Å². The number of phenols is 1. The topological polar surface area (TPSA) is 46.2 Å². The van der Waals surface area contributed by atoms with Gasteiger partial charge in [-0.05, 0) is 42.8 Å². The highest BCUT2D eigenvalue weighted by Gasteiger charge is 2.29. The van der Waals surface area contributed by atoms with Crippen LogP contribution in [0, 0.1) is 0 Å². The molecule has 0 spiro atoms. The number of aromatic hydroxyl groups is 1. The summed E-state index contributed by atoms with van der Waals surface area (Å²) in [5.74, 6) is -0.0851. The van der Waals surface area contributed by atoms with Crippen LogP contribution in [0.3, 0.4) is 0 Å². The zero-order valence-corrected chi connectivity index (χ0v) is 10.4. The molecule has 0 heterocycles. The molecule has 1 aromatic rings. The van der Waals surface area contributed by atoms with E-state index < -0.39 is 11.6 Å². The number of hydrogen-bond acceptors (Lipinski definition) is 3. The zero-order valence-electron chi connectivity index (χ0n) is 9.57. The largest absolute Gasteiger partial charge is 0.508 e. The van der Waals surface area contributed by atoms with Gasteiger partial charge in [0.25, 0.3) is 0 Å². The van der Waals surface area contributed by atoms with Gasteiger partial charge in [-0.15, -0.1) is 6.58 Å². The van der Waals surface area contributed by atoms with E-state index in [1.807, 2.05) is 0 Å². The lowest BCUT2D eigenvalue weighted by atomic mass is 10.0. The minimum atomic E-state index is -4.35. The summed E-state index contributed by atoms with van der Waals surface area (Å²) in [5.41, 5.74) is 1.79. The Bertz CT molecular complexity index is 420. The molecule has 0 amide bonds. The average molecular weight is 277 g/mol. The normalized spacial score (nSPS) is 13.3.